The van der Waals surface area contributed by atoms with Gasteiger partial charge >= 0.3 is 0 Å². The Bertz CT molecular complexity index is 583. The molecule has 0 spiro atoms. The maximum Gasteiger partial charge on any atom is 0.191 e. The van der Waals surface area contributed by atoms with E-state index in [1.807, 2.05) is 12.2 Å². The molecule has 0 saturated heterocycles. The molecule has 0 unspecified atom stereocenters. The summed E-state index contributed by atoms with van der Waals surface area (Å²) in [6, 6.07) is 6.83. The topological polar surface area (TPSA) is 75.6 Å². The molecule has 0 heterocycles. The first-order chi connectivity index (χ1) is 12.8. The minimum Gasteiger partial charge on any atom is -0.504 e. The molecule has 1 aromatic carbocycles. The summed E-state index contributed by atoms with van der Waals surface area (Å²) in [4.78, 5) is 0. The molecule has 0 aromatic heterocycles. The summed E-state index contributed by atoms with van der Waals surface area (Å²) in [6.45, 7) is 1.88. The number of hydrogen-bond donors (Lipinski definition) is 1. The monoisotopic (exact) mass is 366 g/mol. The molecule has 7 nitrogen and oxygen atoms in total. The number of benzene rings is 1. The van der Waals surface area contributed by atoms with Gasteiger partial charge < -0.3 is 33.5 Å². The lowest BCUT2D eigenvalue weighted by atomic mass is 10.1. The first-order valence-electron chi connectivity index (χ1n) is 8.52. The maximum absolute atomic E-state index is 9.59. The Morgan fingerprint density at radius 3 is 2.23 bits per heavy atom. The Morgan fingerprint density at radius 1 is 0.808 bits per heavy atom. The second-order valence-corrected chi connectivity index (χ2v) is 5.36. The molecule has 0 radical (unpaired) electrons. The molecule has 1 aliphatic carbocycles. The fraction of sp³-hybridized carbons (Fsp3) is 0.474. The van der Waals surface area contributed by atoms with Crippen LogP contribution in [0.2, 0.25) is 0 Å². The lowest BCUT2D eigenvalue weighted by Crippen LogP contribution is -2.13. The van der Waals surface area contributed by atoms with E-state index in [0.717, 1.165) is 12.8 Å². The zero-order valence-electron chi connectivity index (χ0n) is 15.0. The predicted octanol–water partition coefficient (Wildman–Crippen LogP) is 2.96. The maximum atomic E-state index is 9.59. The normalized spacial score (nSPS) is 13.7. The average Bonchev–Trinajstić information content (AvgIpc) is 2.67. The Hall–Kier alpha value is -2.22. The van der Waals surface area contributed by atoms with Crippen LogP contribution in [0.1, 0.15) is 12.8 Å². The van der Waals surface area contributed by atoms with Gasteiger partial charge in [-0.05, 0) is 37.1 Å². The summed E-state index contributed by atoms with van der Waals surface area (Å²) in [5, 5.41) is 9.59. The summed E-state index contributed by atoms with van der Waals surface area (Å²) in [5.41, 5.74) is 0. The highest BCUT2D eigenvalue weighted by Crippen LogP contribution is 2.24. The number of aromatic hydroxyl groups is 1. The smallest absolute Gasteiger partial charge is 0.191 e. The number of rotatable bonds is 13. The summed E-state index contributed by atoms with van der Waals surface area (Å²) < 4.78 is 32.1. The molecule has 1 N–H and O–H groups in total. The van der Waals surface area contributed by atoms with E-state index >= 15 is 0 Å². The van der Waals surface area contributed by atoms with Crippen LogP contribution in [-0.2, 0) is 23.7 Å². The van der Waals surface area contributed by atoms with Crippen molar-refractivity contribution in [2.75, 3.05) is 47.1 Å². The van der Waals surface area contributed by atoms with E-state index in [-0.39, 0.29) is 19.3 Å². The van der Waals surface area contributed by atoms with Crippen molar-refractivity contribution in [2.45, 2.75) is 12.8 Å². The molecule has 0 bridgehead atoms. The van der Waals surface area contributed by atoms with E-state index in [2.05, 4.69) is 0 Å². The van der Waals surface area contributed by atoms with Crippen LogP contribution < -0.4 is 4.74 Å². The molecule has 1 aliphatic rings. The molecule has 2 rings (SSSR count). The Labute approximate surface area is 153 Å². The summed E-state index contributed by atoms with van der Waals surface area (Å²) in [6.07, 6.45) is 5.79. The van der Waals surface area contributed by atoms with Crippen molar-refractivity contribution in [2.24, 2.45) is 0 Å². The van der Waals surface area contributed by atoms with Crippen LogP contribution in [0.15, 0.2) is 47.9 Å². The minimum absolute atomic E-state index is 0.112. The largest absolute Gasteiger partial charge is 0.504 e. The van der Waals surface area contributed by atoms with Gasteiger partial charge in [0.1, 0.15) is 20.0 Å². The summed E-state index contributed by atoms with van der Waals surface area (Å²) in [7, 11) is 1.56. The molecule has 0 amide bonds. The number of hydrogen-bond acceptors (Lipinski definition) is 7. The number of methoxy groups -OCH3 is 1. The lowest BCUT2D eigenvalue weighted by Gasteiger charge is -2.18. The Balaban J connectivity index is 1.56. The molecule has 0 atom stereocenters. The molecular formula is C19H26O7. The van der Waals surface area contributed by atoms with E-state index in [1.165, 1.54) is 0 Å². The highest BCUT2D eigenvalue weighted by Gasteiger charge is 2.12. The van der Waals surface area contributed by atoms with Gasteiger partial charge in [-0.3, -0.25) is 0 Å². The van der Waals surface area contributed by atoms with E-state index in [1.54, 1.807) is 31.4 Å². The van der Waals surface area contributed by atoms with Gasteiger partial charge in [-0.25, -0.2) is 0 Å². The fourth-order valence-corrected chi connectivity index (χ4v) is 2.22. The van der Waals surface area contributed by atoms with Gasteiger partial charge in [-0.2, -0.15) is 0 Å². The molecule has 1 aromatic rings. The van der Waals surface area contributed by atoms with Crippen LogP contribution >= 0.6 is 0 Å². The molecule has 0 fully saturated rings. The van der Waals surface area contributed by atoms with Crippen molar-refractivity contribution in [3.63, 3.8) is 0 Å². The number of para-hydroxylation sites is 2. The van der Waals surface area contributed by atoms with Gasteiger partial charge in [-0.15, -0.1) is 0 Å². The first-order valence-corrected chi connectivity index (χ1v) is 8.52. The van der Waals surface area contributed by atoms with E-state index < -0.39 is 0 Å². The molecular weight excluding hydrogens is 340 g/mol. The van der Waals surface area contributed by atoms with Crippen molar-refractivity contribution in [3.05, 3.63) is 47.9 Å². The number of phenolic OH excluding ortho intramolecular Hbond substituents is 1. The van der Waals surface area contributed by atoms with E-state index in [9.17, 15) is 5.11 Å². The van der Waals surface area contributed by atoms with Crippen LogP contribution in [0.5, 0.6) is 11.5 Å². The minimum atomic E-state index is 0.112. The third kappa shape index (κ3) is 7.35. The zero-order valence-corrected chi connectivity index (χ0v) is 15.0. The lowest BCUT2D eigenvalue weighted by molar-refractivity contribution is -0.105. The zero-order chi connectivity index (χ0) is 18.5. The van der Waals surface area contributed by atoms with Crippen LogP contribution in [0.25, 0.3) is 0 Å². The fourth-order valence-electron chi connectivity index (χ4n) is 2.22. The quantitative estimate of drug-likeness (QED) is 0.425. The Kier molecular flexibility index (Phi) is 9.42. The van der Waals surface area contributed by atoms with E-state index in [0.29, 0.717) is 43.7 Å². The summed E-state index contributed by atoms with van der Waals surface area (Å²) >= 11 is 0. The third-order valence-corrected chi connectivity index (χ3v) is 3.40. The van der Waals surface area contributed by atoms with Crippen LogP contribution in [0, 0.1) is 0 Å². The highest BCUT2D eigenvalue weighted by molar-refractivity contribution is 5.37. The first kappa shape index (κ1) is 20.1. The van der Waals surface area contributed by atoms with Gasteiger partial charge in [0.2, 0.25) is 0 Å². The number of ether oxygens (including phenoxy) is 6. The van der Waals surface area contributed by atoms with Crippen molar-refractivity contribution in [1.82, 2.24) is 0 Å². The second-order valence-electron chi connectivity index (χ2n) is 5.36. The van der Waals surface area contributed by atoms with Crippen molar-refractivity contribution in [1.29, 1.82) is 0 Å². The predicted molar refractivity (Wildman–Crippen MR) is 94.7 cm³/mol. The van der Waals surface area contributed by atoms with Crippen LogP contribution in [-0.4, -0.2) is 52.2 Å². The molecule has 0 saturated carbocycles. The number of phenols is 1. The highest BCUT2D eigenvalue weighted by atomic mass is 16.7. The molecule has 144 valence electrons. The van der Waals surface area contributed by atoms with Crippen molar-refractivity contribution >= 4 is 0 Å². The third-order valence-electron chi connectivity index (χ3n) is 3.40. The van der Waals surface area contributed by atoms with Crippen LogP contribution in [0.4, 0.5) is 0 Å². The van der Waals surface area contributed by atoms with Crippen molar-refractivity contribution < 1.29 is 33.5 Å². The SMILES string of the molecule is COCOCOC1=CCCC=C1OCCOCCOc1ccccc1O. The van der Waals surface area contributed by atoms with Gasteiger partial charge in [0.25, 0.3) is 0 Å². The van der Waals surface area contributed by atoms with Crippen LogP contribution in [0.3, 0.4) is 0 Å². The van der Waals surface area contributed by atoms with E-state index in [4.69, 9.17) is 28.4 Å². The summed E-state index contributed by atoms with van der Waals surface area (Å²) in [5.74, 6) is 1.94. The van der Waals surface area contributed by atoms with Gasteiger partial charge in [0.05, 0.1) is 13.2 Å². The number of allylic oxidation sites excluding steroid dienone is 2. The van der Waals surface area contributed by atoms with Gasteiger partial charge in [0.15, 0.2) is 29.8 Å². The van der Waals surface area contributed by atoms with Gasteiger partial charge in [0, 0.05) is 7.11 Å². The molecule has 7 heteroatoms. The van der Waals surface area contributed by atoms with Crippen molar-refractivity contribution in [3.8, 4) is 11.5 Å². The standard InChI is InChI=1S/C19H26O7/c1-21-14-23-15-26-19-9-5-4-8-18(19)25-13-11-22-10-12-24-17-7-3-2-6-16(17)20/h2-3,6-9,20H,4-5,10-15H2,1H3. The average molecular weight is 366 g/mol. The Morgan fingerprint density at radius 2 is 1.50 bits per heavy atom. The molecule has 26 heavy (non-hydrogen) atoms. The second kappa shape index (κ2) is 12.2. The molecule has 0 aliphatic heterocycles. The van der Waals surface area contributed by atoms with Gasteiger partial charge in [-0.1, -0.05) is 12.1 Å².